The van der Waals surface area contributed by atoms with Gasteiger partial charge in [0.25, 0.3) is 0 Å². The molecule has 30 heavy (non-hydrogen) atoms. The lowest BCUT2D eigenvalue weighted by Gasteiger charge is -2.24. The van der Waals surface area contributed by atoms with Crippen molar-refractivity contribution in [3.8, 4) is 0 Å². The number of nitrogens with one attached hydrogen (secondary N) is 1. The standard InChI is InChI=1S/C21H33N3O4S2/c1-20(2,3)12-19-23-17-11-16(9-10-18(17)24(19)13-15-7-8-15)30(27,28)21(4,5)14-22-29(6,25)26/h9-11,15,22H,7-8,12-14H2,1-6H3. The number of rotatable bonds is 8. The normalized spacial score (nSPS) is 16.3. The first kappa shape index (κ1) is 23.2. The van der Waals surface area contributed by atoms with Crippen LogP contribution in [0.1, 0.15) is 53.3 Å². The van der Waals surface area contributed by atoms with E-state index in [2.05, 4.69) is 30.1 Å². The number of hydrogen-bond acceptors (Lipinski definition) is 5. The minimum atomic E-state index is -3.78. The maximum absolute atomic E-state index is 13.3. The molecule has 0 atom stereocenters. The molecule has 1 aliphatic rings. The van der Waals surface area contributed by atoms with Crippen molar-refractivity contribution in [1.29, 1.82) is 0 Å². The molecule has 0 radical (unpaired) electrons. The molecule has 0 aliphatic heterocycles. The van der Waals surface area contributed by atoms with E-state index in [0.717, 1.165) is 30.6 Å². The average molecular weight is 456 g/mol. The van der Waals surface area contributed by atoms with Crippen molar-refractivity contribution in [2.24, 2.45) is 11.3 Å². The van der Waals surface area contributed by atoms with E-state index in [4.69, 9.17) is 4.98 Å². The molecular weight excluding hydrogens is 422 g/mol. The van der Waals surface area contributed by atoms with Crippen molar-refractivity contribution >= 4 is 30.9 Å². The Kier molecular flexibility index (Phi) is 5.88. The Morgan fingerprint density at radius 3 is 2.27 bits per heavy atom. The van der Waals surface area contributed by atoms with E-state index in [1.165, 1.54) is 26.7 Å². The number of sulfonamides is 1. The number of hydrogen-bond donors (Lipinski definition) is 1. The molecule has 0 spiro atoms. The molecule has 0 bridgehead atoms. The van der Waals surface area contributed by atoms with Crippen molar-refractivity contribution < 1.29 is 16.8 Å². The first-order valence-corrected chi connectivity index (χ1v) is 13.6. The summed E-state index contributed by atoms with van der Waals surface area (Å²) in [6.45, 7) is 10.3. The fourth-order valence-corrected chi connectivity index (χ4v) is 5.55. The molecule has 168 valence electrons. The maximum atomic E-state index is 13.3. The number of sulfone groups is 1. The molecule has 7 nitrogen and oxygen atoms in total. The van der Waals surface area contributed by atoms with Crippen LogP contribution in [0.4, 0.5) is 0 Å². The molecule has 9 heteroatoms. The van der Waals surface area contributed by atoms with Gasteiger partial charge in [-0.1, -0.05) is 20.8 Å². The average Bonchev–Trinajstić information content (AvgIpc) is 3.34. The zero-order valence-corrected chi connectivity index (χ0v) is 20.3. The van der Waals surface area contributed by atoms with Gasteiger partial charge in [0, 0.05) is 19.5 Å². The van der Waals surface area contributed by atoms with Crippen LogP contribution in [0.5, 0.6) is 0 Å². The van der Waals surface area contributed by atoms with Crippen molar-refractivity contribution in [1.82, 2.24) is 14.3 Å². The first-order chi connectivity index (χ1) is 13.6. The summed E-state index contributed by atoms with van der Waals surface area (Å²) in [5.74, 6) is 1.66. The number of aromatic nitrogens is 2. The lowest BCUT2D eigenvalue weighted by Crippen LogP contribution is -2.43. The van der Waals surface area contributed by atoms with Gasteiger partial charge in [-0.2, -0.15) is 0 Å². The monoisotopic (exact) mass is 455 g/mol. The molecule has 1 aromatic heterocycles. The summed E-state index contributed by atoms with van der Waals surface area (Å²) in [5.41, 5.74) is 1.69. The molecule has 1 aliphatic carbocycles. The Labute approximate surface area is 180 Å². The highest BCUT2D eigenvalue weighted by Gasteiger charge is 2.37. The lowest BCUT2D eigenvalue weighted by atomic mass is 9.92. The third kappa shape index (κ3) is 5.23. The highest BCUT2D eigenvalue weighted by molar-refractivity contribution is 7.93. The van der Waals surface area contributed by atoms with Gasteiger partial charge in [0.1, 0.15) is 5.82 Å². The quantitative estimate of drug-likeness (QED) is 0.659. The highest BCUT2D eigenvalue weighted by atomic mass is 32.2. The number of benzene rings is 1. The summed E-state index contributed by atoms with van der Waals surface area (Å²) in [7, 11) is -7.27. The largest absolute Gasteiger partial charge is 0.328 e. The predicted octanol–water partition coefficient (Wildman–Crippen LogP) is 3.14. The molecule has 0 saturated heterocycles. The van der Waals surface area contributed by atoms with Crippen molar-refractivity contribution in [2.75, 3.05) is 12.8 Å². The van der Waals surface area contributed by atoms with Gasteiger partial charge in [-0.15, -0.1) is 0 Å². The van der Waals surface area contributed by atoms with Gasteiger partial charge >= 0.3 is 0 Å². The van der Waals surface area contributed by atoms with Crippen LogP contribution in [0.25, 0.3) is 11.0 Å². The van der Waals surface area contributed by atoms with Crippen molar-refractivity contribution in [3.05, 3.63) is 24.0 Å². The van der Waals surface area contributed by atoms with Crippen molar-refractivity contribution in [3.63, 3.8) is 0 Å². The van der Waals surface area contributed by atoms with Crippen LogP contribution in [-0.2, 0) is 32.8 Å². The Bertz CT molecular complexity index is 1150. The molecule has 0 unspecified atom stereocenters. The topological polar surface area (TPSA) is 98.1 Å². The summed E-state index contributed by atoms with van der Waals surface area (Å²) < 4.78 is 52.7. The third-order valence-electron chi connectivity index (χ3n) is 5.42. The van der Waals surface area contributed by atoms with E-state index in [-0.39, 0.29) is 16.9 Å². The molecule has 1 saturated carbocycles. The molecule has 1 heterocycles. The zero-order chi connectivity index (χ0) is 22.5. The lowest BCUT2D eigenvalue weighted by molar-refractivity contribution is 0.391. The Morgan fingerprint density at radius 1 is 1.10 bits per heavy atom. The third-order valence-corrected chi connectivity index (χ3v) is 8.57. The summed E-state index contributed by atoms with van der Waals surface area (Å²) in [6, 6.07) is 5.08. The zero-order valence-electron chi connectivity index (χ0n) is 18.7. The number of imidazole rings is 1. The molecule has 1 N–H and O–H groups in total. The van der Waals surface area contributed by atoms with Crippen LogP contribution < -0.4 is 4.72 Å². The summed E-state index contributed by atoms with van der Waals surface area (Å²) >= 11 is 0. The minimum Gasteiger partial charge on any atom is -0.328 e. The second kappa shape index (κ2) is 7.60. The smallest absolute Gasteiger partial charge is 0.208 e. The summed E-state index contributed by atoms with van der Waals surface area (Å²) in [6.07, 6.45) is 4.27. The van der Waals surface area contributed by atoms with Crippen LogP contribution in [0.2, 0.25) is 0 Å². The Hall–Kier alpha value is -1.45. The van der Waals surface area contributed by atoms with Gasteiger partial charge in [0.05, 0.1) is 26.9 Å². The number of nitrogens with zero attached hydrogens (tertiary/aromatic N) is 2. The van der Waals surface area contributed by atoms with E-state index in [1.54, 1.807) is 12.1 Å². The maximum Gasteiger partial charge on any atom is 0.208 e. The fraction of sp³-hybridized carbons (Fsp3) is 0.667. The van der Waals surface area contributed by atoms with Gasteiger partial charge in [-0.05, 0) is 56.2 Å². The second-order valence-electron chi connectivity index (χ2n) is 10.3. The Morgan fingerprint density at radius 2 is 1.73 bits per heavy atom. The van der Waals surface area contributed by atoms with Crippen LogP contribution in [0.3, 0.4) is 0 Å². The van der Waals surface area contributed by atoms with Crippen LogP contribution in [0, 0.1) is 11.3 Å². The number of fused-ring (bicyclic) bond motifs is 1. The minimum absolute atomic E-state index is 0.0664. The van der Waals surface area contributed by atoms with Crippen molar-refractivity contribution in [2.45, 2.75) is 70.1 Å². The van der Waals surface area contributed by atoms with E-state index in [9.17, 15) is 16.8 Å². The van der Waals surface area contributed by atoms with E-state index in [0.29, 0.717) is 11.4 Å². The molecular formula is C21H33N3O4S2. The SMILES string of the molecule is CC(C)(C)Cc1nc2cc(S(=O)(=O)C(C)(C)CNS(C)(=O)=O)ccc2n1CC1CC1. The van der Waals surface area contributed by atoms with Crippen LogP contribution in [0.15, 0.2) is 23.1 Å². The van der Waals surface area contributed by atoms with Gasteiger partial charge < -0.3 is 4.57 Å². The van der Waals surface area contributed by atoms with Gasteiger partial charge in [0.15, 0.2) is 9.84 Å². The van der Waals surface area contributed by atoms with E-state index in [1.807, 2.05) is 6.07 Å². The Balaban J connectivity index is 2.01. The fourth-order valence-electron chi connectivity index (χ4n) is 3.42. The second-order valence-corrected chi connectivity index (χ2v) is 14.7. The van der Waals surface area contributed by atoms with Gasteiger partial charge in [-0.25, -0.2) is 26.5 Å². The molecule has 1 fully saturated rings. The molecule has 3 rings (SSSR count). The van der Waals surface area contributed by atoms with Gasteiger partial charge in [-0.3, -0.25) is 0 Å². The highest BCUT2D eigenvalue weighted by Crippen LogP contribution is 2.35. The molecule has 2 aromatic rings. The summed E-state index contributed by atoms with van der Waals surface area (Å²) in [5, 5.41) is 0. The van der Waals surface area contributed by atoms with Crippen LogP contribution in [-0.4, -0.2) is 43.9 Å². The molecule has 0 amide bonds. The van der Waals surface area contributed by atoms with E-state index >= 15 is 0 Å². The first-order valence-electron chi connectivity index (χ1n) is 10.3. The molecule has 1 aromatic carbocycles. The van der Waals surface area contributed by atoms with Crippen LogP contribution >= 0.6 is 0 Å². The predicted molar refractivity (Wildman–Crippen MR) is 120 cm³/mol. The van der Waals surface area contributed by atoms with Gasteiger partial charge in [0.2, 0.25) is 10.0 Å². The van der Waals surface area contributed by atoms with E-state index < -0.39 is 24.6 Å². The summed E-state index contributed by atoms with van der Waals surface area (Å²) in [4.78, 5) is 4.97.